The molecule has 13 heteroatoms. The van der Waals surface area contributed by atoms with Crippen LogP contribution < -0.4 is 19.7 Å². The summed E-state index contributed by atoms with van der Waals surface area (Å²) in [6.07, 6.45) is -9.40. The number of hydrogen-bond donors (Lipinski definition) is 1. The number of nitrogens with one attached hydrogen (secondary N) is 1. The Bertz CT molecular complexity index is 764. The van der Waals surface area contributed by atoms with Gasteiger partial charge in [0.05, 0.1) is 0 Å². The summed E-state index contributed by atoms with van der Waals surface area (Å²) >= 11 is 0. The second-order valence-electron chi connectivity index (χ2n) is 5.24. The van der Waals surface area contributed by atoms with Crippen LogP contribution in [0.5, 0.6) is 11.8 Å². The van der Waals surface area contributed by atoms with Gasteiger partial charge in [-0.2, -0.15) is 28.1 Å². The summed E-state index contributed by atoms with van der Waals surface area (Å²) in [5, 5.41) is 2.64. The second kappa shape index (κ2) is 7.72. The summed E-state index contributed by atoms with van der Waals surface area (Å²) in [4.78, 5) is 12.8. The van der Waals surface area contributed by atoms with Crippen molar-refractivity contribution in [1.82, 2.24) is 15.0 Å². The van der Waals surface area contributed by atoms with Gasteiger partial charge in [-0.1, -0.05) is 0 Å². The molecule has 1 heterocycles. The van der Waals surface area contributed by atoms with E-state index in [0.717, 1.165) is 12.1 Å². The average molecular weight is 397 g/mol. The highest BCUT2D eigenvalue weighted by Crippen LogP contribution is 2.25. The normalized spacial score (nSPS) is 11.9. The summed E-state index contributed by atoms with van der Waals surface area (Å²) in [5.41, 5.74) is 0.266. The number of halogens is 6. The van der Waals surface area contributed by atoms with Gasteiger partial charge in [0.1, 0.15) is 5.75 Å². The third-order valence-corrected chi connectivity index (χ3v) is 2.71. The molecule has 0 radical (unpaired) electrons. The lowest BCUT2D eigenvalue weighted by atomic mass is 10.3. The van der Waals surface area contributed by atoms with E-state index < -0.39 is 30.9 Å². The molecule has 0 bridgehead atoms. The van der Waals surface area contributed by atoms with E-state index in [9.17, 15) is 26.3 Å². The van der Waals surface area contributed by atoms with Crippen molar-refractivity contribution in [3.05, 3.63) is 24.3 Å². The minimum Gasteiger partial charge on any atom is -0.454 e. The Morgan fingerprint density at radius 1 is 0.963 bits per heavy atom. The van der Waals surface area contributed by atoms with E-state index in [1.165, 1.54) is 17.0 Å². The van der Waals surface area contributed by atoms with Crippen molar-refractivity contribution >= 4 is 17.6 Å². The Morgan fingerprint density at radius 3 is 2.11 bits per heavy atom. The number of alkyl halides is 6. The molecule has 2 aromatic rings. The number of aromatic nitrogens is 3. The number of nitrogens with zero attached hydrogens (tertiary/aromatic N) is 4. The first-order valence-electron chi connectivity index (χ1n) is 7.17. The maximum atomic E-state index is 12.3. The van der Waals surface area contributed by atoms with E-state index >= 15 is 0 Å². The minimum absolute atomic E-state index is 0.0155. The summed E-state index contributed by atoms with van der Waals surface area (Å²) in [6, 6.07) is 4.02. The molecule has 2 rings (SSSR count). The molecule has 0 spiro atoms. The largest absolute Gasteiger partial charge is 0.573 e. The highest BCUT2D eigenvalue weighted by Gasteiger charge is 2.31. The molecule has 0 amide bonds. The van der Waals surface area contributed by atoms with Crippen LogP contribution in [0.3, 0.4) is 0 Å². The standard InChI is InChI=1S/C14H13F6N5O2/c1-25(2)11-22-10(23-12(24-11)26-7-13(15,16)17)21-8-3-5-9(6-4-8)27-14(18,19)20/h3-6H,7H2,1-2H3,(H,21,22,23,24). The lowest BCUT2D eigenvalue weighted by molar-refractivity contribution is -0.274. The third kappa shape index (κ3) is 7.03. The van der Waals surface area contributed by atoms with Gasteiger partial charge in [0.15, 0.2) is 6.61 Å². The molecular weight excluding hydrogens is 384 g/mol. The van der Waals surface area contributed by atoms with E-state index in [4.69, 9.17) is 0 Å². The van der Waals surface area contributed by atoms with Crippen molar-refractivity contribution in [2.75, 3.05) is 30.9 Å². The van der Waals surface area contributed by atoms with Gasteiger partial charge in [0.2, 0.25) is 11.9 Å². The number of benzene rings is 1. The monoisotopic (exact) mass is 397 g/mol. The number of rotatable bonds is 6. The molecule has 1 N–H and O–H groups in total. The van der Waals surface area contributed by atoms with Gasteiger partial charge in [-0.15, -0.1) is 13.2 Å². The zero-order valence-electron chi connectivity index (χ0n) is 13.9. The van der Waals surface area contributed by atoms with Gasteiger partial charge in [0, 0.05) is 19.8 Å². The van der Waals surface area contributed by atoms with Gasteiger partial charge < -0.3 is 19.7 Å². The predicted molar refractivity (Wildman–Crippen MR) is 82.1 cm³/mol. The van der Waals surface area contributed by atoms with Crippen LogP contribution in [0, 0.1) is 0 Å². The zero-order chi connectivity index (χ0) is 20.2. The topological polar surface area (TPSA) is 72.4 Å². The van der Waals surface area contributed by atoms with Crippen LogP contribution in [-0.4, -0.2) is 48.2 Å². The van der Waals surface area contributed by atoms with Crippen LogP contribution in [0.1, 0.15) is 0 Å². The maximum absolute atomic E-state index is 12.3. The smallest absolute Gasteiger partial charge is 0.454 e. The minimum atomic E-state index is -4.82. The lowest BCUT2D eigenvalue weighted by Gasteiger charge is -2.14. The Kier molecular flexibility index (Phi) is 5.81. The molecule has 0 fully saturated rings. The van der Waals surface area contributed by atoms with E-state index in [0.29, 0.717) is 0 Å². The van der Waals surface area contributed by atoms with Crippen molar-refractivity contribution in [1.29, 1.82) is 0 Å². The van der Waals surface area contributed by atoms with E-state index in [1.807, 2.05) is 0 Å². The van der Waals surface area contributed by atoms with Crippen LogP contribution in [0.4, 0.5) is 43.9 Å². The molecule has 1 aromatic heterocycles. The van der Waals surface area contributed by atoms with Crippen LogP contribution >= 0.6 is 0 Å². The van der Waals surface area contributed by atoms with Crippen molar-refractivity contribution in [3.8, 4) is 11.8 Å². The Morgan fingerprint density at radius 2 is 1.59 bits per heavy atom. The van der Waals surface area contributed by atoms with E-state index in [2.05, 4.69) is 29.7 Å². The molecule has 0 atom stereocenters. The number of hydrogen-bond acceptors (Lipinski definition) is 7. The lowest BCUT2D eigenvalue weighted by Crippen LogP contribution is -2.21. The van der Waals surface area contributed by atoms with Crippen LogP contribution in [0.15, 0.2) is 24.3 Å². The fraction of sp³-hybridized carbons (Fsp3) is 0.357. The fourth-order valence-corrected chi connectivity index (χ4v) is 1.68. The van der Waals surface area contributed by atoms with Crippen molar-refractivity contribution in [3.63, 3.8) is 0 Å². The molecule has 7 nitrogen and oxygen atoms in total. The van der Waals surface area contributed by atoms with Gasteiger partial charge >= 0.3 is 18.5 Å². The van der Waals surface area contributed by atoms with Crippen LogP contribution in [-0.2, 0) is 0 Å². The number of ether oxygens (including phenoxy) is 2. The molecule has 1 aromatic carbocycles. The van der Waals surface area contributed by atoms with E-state index in [-0.39, 0.29) is 17.6 Å². The zero-order valence-corrected chi connectivity index (χ0v) is 13.9. The molecule has 0 aliphatic carbocycles. The molecule has 0 saturated carbocycles. The first-order chi connectivity index (χ1) is 12.4. The molecule has 0 unspecified atom stereocenters. The van der Waals surface area contributed by atoms with E-state index in [1.54, 1.807) is 14.1 Å². The Labute approximate surface area is 149 Å². The summed E-state index contributed by atoms with van der Waals surface area (Å²) in [7, 11) is 3.10. The predicted octanol–water partition coefficient (Wildman–Crippen LogP) is 3.52. The highest BCUT2D eigenvalue weighted by atomic mass is 19.4. The molecule has 0 aliphatic rings. The Hall–Kier alpha value is -2.99. The Balaban J connectivity index is 2.18. The molecule has 27 heavy (non-hydrogen) atoms. The SMILES string of the molecule is CN(C)c1nc(Nc2ccc(OC(F)(F)F)cc2)nc(OCC(F)(F)F)n1. The third-order valence-electron chi connectivity index (χ3n) is 2.71. The first-order valence-corrected chi connectivity index (χ1v) is 7.17. The first kappa shape index (κ1) is 20.3. The van der Waals surface area contributed by atoms with Crippen LogP contribution in [0.25, 0.3) is 0 Å². The maximum Gasteiger partial charge on any atom is 0.573 e. The van der Waals surface area contributed by atoms with Gasteiger partial charge in [-0.05, 0) is 24.3 Å². The highest BCUT2D eigenvalue weighted by molar-refractivity contribution is 5.55. The van der Waals surface area contributed by atoms with Crippen molar-refractivity contribution < 1.29 is 35.8 Å². The second-order valence-corrected chi connectivity index (χ2v) is 5.24. The average Bonchev–Trinajstić information content (AvgIpc) is 2.52. The van der Waals surface area contributed by atoms with Crippen LogP contribution in [0.2, 0.25) is 0 Å². The quantitative estimate of drug-likeness (QED) is 0.748. The van der Waals surface area contributed by atoms with Gasteiger partial charge in [0.25, 0.3) is 0 Å². The fourth-order valence-electron chi connectivity index (χ4n) is 1.68. The van der Waals surface area contributed by atoms with Gasteiger partial charge in [-0.25, -0.2) is 0 Å². The summed E-state index contributed by atoms with van der Waals surface area (Å²) in [5.74, 6) is -0.580. The summed E-state index contributed by atoms with van der Waals surface area (Å²) < 4.78 is 81.6. The van der Waals surface area contributed by atoms with Gasteiger partial charge in [-0.3, -0.25) is 0 Å². The number of anilines is 3. The van der Waals surface area contributed by atoms with Crippen molar-refractivity contribution in [2.24, 2.45) is 0 Å². The molecule has 0 aliphatic heterocycles. The summed E-state index contributed by atoms with van der Waals surface area (Å²) in [6.45, 7) is -1.59. The molecular formula is C14H13F6N5O2. The molecule has 0 saturated heterocycles. The van der Waals surface area contributed by atoms with Crippen molar-refractivity contribution in [2.45, 2.75) is 12.5 Å². The molecule has 148 valence electrons.